The summed E-state index contributed by atoms with van der Waals surface area (Å²) in [4.78, 5) is 41.4. The van der Waals surface area contributed by atoms with Crippen LogP contribution in [0.1, 0.15) is 37.0 Å². The molecule has 7 nitrogen and oxygen atoms in total. The van der Waals surface area contributed by atoms with Gasteiger partial charge in [0.2, 0.25) is 11.8 Å². The van der Waals surface area contributed by atoms with Crippen molar-refractivity contribution in [3.05, 3.63) is 29.8 Å². The van der Waals surface area contributed by atoms with Gasteiger partial charge in [-0.2, -0.15) is 0 Å². The van der Waals surface area contributed by atoms with Crippen LogP contribution in [0.4, 0.5) is 5.69 Å². The third kappa shape index (κ3) is 4.39. The number of hydrogen-bond donors (Lipinski definition) is 2. The van der Waals surface area contributed by atoms with Crippen LogP contribution in [0.25, 0.3) is 0 Å². The highest BCUT2D eigenvalue weighted by atomic mass is 32.2. The Bertz CT molecular complexity index is 702. The summed E-state index contributed by atoms with van der Waals surface area (Å²) in [5.41, 5.74) is 0.640. The van der Waals surface area contributed by atoms with Crippen molar-refractivity contribution < 1.29 is 19.5 Å². The molecule has 0 spiro atoms. The van der Waals surface area contributed by atoms with E-state index in [-0.39, 0.29) is 29.8 Å². The van der Waals surface area contributed by atoms with Gasteiger partial charge >= 0.3 is 5.97 Å². The Labute approximate surface area is 150 Å². The molecule has 1 aromatic rings. The second kappa shape index (κ2) is 8.15. The molecule has 0 aliphatic carbocycles. The van der Waals surface area contributed by atoms with Crippen LogP contribution in [0.2, 0.25) is 0 Å². The van der Waals surface area contributed by atoms with Crippen LogP contribution >= 0.6 is 11.8 Å². The molecule has 1 saturated heterocycles. The Morgan fingerprint density at radius 2 is 2.00 bits per heavy atom. The van der Waals surface area contributed by atoms with Crippen molar-refractivity contribution in [1.82, 2.24) is 4.90 Å². The maximum atomic E-state index is 12.6. The van der Waals surface area contributed by atoms with Gasteiger partial charge in [-0.3, -0.25) is 19.5 Å². The number of thioether (sulfide) groups is 1. The highest BCUT2D eigenvalue weighted by Crippen LogP contribution is 2.31. The number of nitrogens with zero attached hydrogens (tertiary/aromatic N) is 2. The number of carboxylic acid groups (broad SMARTS) is 1. The molecule has 134 valence electrons. The van der Waals surface area contributed by atoms with Crippen molar-refractivity contribution >= 4 is 40.4 Å². The van der Waals surface area contributed by atoms with E-state index in [0.29, 0.717) is 10.9 Å². The molecule has 1 fully saturated rings. The molecule has 0 bridgehead atoms. The number of carbonyl (C=O) groups excluding carboxylic acids is 2. The summed E-state index contributed by atoms with van der Waals surface area (Å²) >= 11 is 1.30. The van der Waals surface area contributed by atoms with Gasteiger partial charge in [-0.05, 0) is 37.6 Å². The van der Waals surface area contributed by atoms with Crippen molar-refractivity contribution in [2.24, 2.45) is 4.99 Å². The van der Waals surface area contributed by atoms with E-state index in [0.717, 1.165) is 6.42 Å². The lowest BCUT2D eigenvalue weighted by molar-refractivity contribution is -0.129. The first-order valence-electron chi connectivity index (χ1n) is 7.97. The number of benzene rings is 1. The number of anilines is 1. The van der Waals surface area contributed by atoms with Crippen molar-refractivity contribution in [1.29, 1.82) is 0 Å². The van der Waals surface area contributed by atoms with Crippen LogP contribution < -0.4 is 5.32 Å². The molecule has 1 aromatic carbocycles. The molecule has 0 saturated carbocycles. The largest absolute Gasteiger partial charge is 0.478 e. The lowest BCUT2D eigenvalue weighted by Crippen LogP contribution is -2.39. The van der Waals surface area contributed by atoms with E-state index in [2.05, 4.69) is 10.3 Å². The lowest BCUT2D eigenvalue weighted by atomic mass is 10.2. The van der Waals surface area contributed by atoms with Gasteiger partial charge in [0.25, 0.3) is 0 Å². The average molecular weight is 363 g/mol. The van der Waals surface area contributed by atoms with Gasteiger partial charge in [0.05, 0.1) is 5.56 Å². The normalized spacial score (nSPS) is 20.0. The summed E-state index contributed by atoms with van der Waals surface area (Å²) in [7, 11) is 1.64. The first-order chi connectivity index (χ1) is 11.9. The predicted octanol–water partition coefficient (Wildman–Crippen LogP) is 2.44. The van der Waals surface area contributed by atoms with Crippen LogP contribution in [0.3, 0.4) is 0 Å². The Kier molecular flexibility index (Phi) is 6.19. The van der Waals surface area contributed by atoms with Gasteiger partial charge in [0.1, 0.15) is 5.25 Å². The summed E-state index contributed by atoms with van der Waals surface area (Å²) in [6, 6.07) is 5.92. The van der Waals surface area contributed by atoms with Crippen LogP contribution in [0.5, 0.6) is 0 Å². The van der Waals surface area contributed by atoms with Gasteiger partial charge in [-0.25, -0.2) is 4.79 Å². The minimum Gasteiger partial charge on any atom is -0.478 e. The number of aliphatic imine (C=N–C) groups is 1. The third-order valence-corrected chi connectivity index (χ3v) is 5.22. The average Bonchev–Trinajstić information content (AvgIpc) is 2.90. The highest BCUT2D eigenvalue weighted by Gasteiger charge is 2.40. The zero-order valence-corrected chi connectivity index (χ0v) is 15.2. The van der Waals surface area contributed by atoms with Gasteiger partial charge in [-0.1, -0.05) is 18.7 Å². The van der Waals surface area contributed by atoms with Gasteiger partial charge < -0.3 is 10.4 Å². The van der Waals surface area contributed by atoms with Crippen molar-refractivity contribution in [3.8, 4) is 0 Å². The van der Waals surface area contributed by atoms with E-state index >= 15 is 0 Å². The second-order valence-corrected chi connectivity index (χ2v) is 6.88. The summed E-state index contributed by atoms with van der Waals surface area (Å²) in [5, 5.41) is 11.7. The fraction of sp³-hybridized carbons (Fsp3) is 0.412. The predicted molar refractivity (Wildman–Crippen MR) is 98.0 cm³/mol. The van der Waals surface area contributed by atoms with Crippen LogP contribution in [0.15, 0.2) is 29.3 Å². The van der Waals surface area contributed by atoms with Gasteiger partial charge in [0.15, 0.2) is 5.17 Å². The summed E-state index contributed by atoms with van der Waals surface area (Å²) in [6.07, 6.45) is 0.844. The summed E-state index contributed by atoms with van der Waals surface area (Å²) < 4.78 is 0. The second-order valence-electron chi connectivity index (χ2n) is 5.71. The van der Waals surface area contributed by atoms with E-state index < -0.39 is 11.2 Å². The van der Waals surface area contributed by atoms with Crippen molar-refractivity contribution in [2.75, 3.05) is 12.4 Å². The molecule has 2 rings (SSSR count). The van der Waals surface area contributed by atoms with E-state index in [9.17, 15) is 14.4 Å². The highest BCUT2D eigenvalue weighted by molar-refractivity contribution is 8.15. The minimum absolute atomic E-state index is 0.0373. The van der Waals surface area contributed by atoms with Crippen LogP contribution in [-0.4, -0.2) is 51.3 Å². The number of amides is 2. The summed E-state index contributed by atoms with van der Waals surface area (Å²) in [5.74, 6) is -1.42. The van der Waals surface area contributed by atoms with Gasteiger partial charge in [0, 0.05) is 25.2 Å². The Balaban J connectivity index is 2.00. The molecule has 1 aliphatic rings. The molecule has 1 heterocycles. The van der Waals surface area contributed by atoms with Crippen molar-refractivity contribution in [2.45, 2.75) is 38.0 Å². The molecule has 2 unspecified atom stereocenters. The number of carboxylic acids is 1. The van der Waals surface area contributed by atoms with Gasteiger partial charge in [-0.15, -0.1) is 0 Å². The quantitative estimate of drug-likeness (QED) is 0.809. The van der Waals surface area contributed by atoms with Crippen molar-refractivity contribution in [3.63, 3.8) is 0 Å². The Morgan fingerprint density at radius 1 is 1.36 bits per heavy atom. The molecule has 0 radical (unpaired) electrons. The number of aromatic carboxylic acids is 1. The molecule has 0 aromatic heterocycles. The maximum Gasteiger partial charge on any atom is 0.335 e. The molecular formula is C17H21N3O4S. The first-order valence-corrected chi connectivity index (χ1v) is 8.85. The lowest BCUT2D eigenvalue weighted by Gasteiger charge is -2.22. The van der Waals surface area contributed by atoms with E-state index in [1.807, 2.05) is 13.8 Å². The fourth-order valence-electron chi connectivity index (χ4n) is 2.44. The number of nitrogens with one attached hydrogen (secondary N) is 1. The van der Waals surface area contributed by atoms with E-state index in [1.54, 1.807) is 11.9 Å². The van der Waals surface area contributed by atoms with Crippen LogP contribution in [-0.2, 0) is 9.59 Å². The Hall–Kier alpha value is -2.35. The topological polar surface area (TPSA) is 99.1 Å². The molecule has 2 atom stereocenters. The standard InChI is InChI=1S/C17H21N3O4S/c1-4-10(2)20-15(22)13(25-17(20)18-3)9-14(21)19-12-7-5-11(6-8-12)16(23)24/h5-8,10,13H,4,9H2,1-3H3,(H,19,21)(H,23,24). The third-order valence-electron chi connectivity index (χ3n) is 3.98. The molecule has 2 amide bonds. The number of amidine groups is 1. The zero-order chi connectivity index (χ0) is 18.6. The smallest absolute Gasteiger partial charge is 0.335 e. The molecular weight excluding hydrogens is 342 g/mol. The summed E-state index contributed by atoms with van der Waals surface area (Å²) in [6.45, 7) is 3.95. The number of rotatable bonds is 6. The van der Waals surface area contributed by atoms with E-state index in [1.165, 1.54) is 36.0 Å². The molecule has 25 heavy (non-hydrogen) atoms. The SMILES string of the molecule is CCC(C)N1C(=O)C(CC(=O)Nc2ccc(C(=O)O)cc2)SC1=NC. The van der Waals surface area contributed by atoms with E-state index in [4.69, 9.17) is 5.11 Å². The minimum atomic E-state index is -1.03. The monoisotopic (exact) mass is 363 g/mol. The molecule has 1 aliphatic heterocycles. The first kappa shape index (κ1) is 19.0. The molecule has 8 heteroatoms. The number of carbonyl (C=O) groups is 3. The Morgan fingerprint density at radius 3 is 2.52 bits per heavy atom. The number of hydrogen-bond acceptors (Lipinski definition) is 5. The maximum absolute atomic E-state index is 12.6. The molecule has 2 N–H and O–H groups in total. The van der Waals surface area contributed by atoms with Crippen LogP contribution in [0, 0.1) is 0 Å². The fourth-order valence-corrected chi connectivity index (χ4v) is 3.63. The zero-order valence-electron chi connectivity index (χ0n) is 14.4.